The molecule has 0 spiro atoms. The van der Waals surface area contributed by atoms with Gasteiger partial charge < -0.3 is 15.0 Å². The van der Waals surface area contributed by atoms with Crippen molar-refractivity contribution in [3.8, 4) is 17.0 Å². The van der Waals surface area contributed by atoms with Crippen LogP contribution in [0, 0.1) is 6.92 Å². The Morgan fingerprint density at radius 2 is 1.81 bits per heavy atom. The van der Waals surface area contributed by atoms with Crippen LogP contribution in [0.15, 0.2) is 54.6 Å². The van der Waals surface area contributed by atoms with E-state index in [1.165, 1.54) is 0 Å². The third kappa shape index (κ3) is 4.60. The minimum absolute atomic E-state index is 0.0444. The van der Waals surface area contributed by atoms with Gasteiger partial charge in [-0.15, -0.1) is 0 Å². The lowest BCUT2D eigenvalue weighted by Crippen LogP contribution is -2.46. The average molecular weight is 418 g/mol. The topological polar surface area (TPSA) is 87.3 Å². The van der Waals surface area contributed by atoms with E-state index in [0.717, 1.165) is 16.8 Å². The van der Waals surface area contributed by atoms with Crippen LogP contribution in [0.3, 0.4) is 0 Å². The first kappa shape index (κ1) is 20.7. The van der Waals surface area contributed by atoms with E-state index in [4.69, 9.17) is 4.74 Å². The molecule has 2 heterocycles. The molecular weight excluding hydrogens is 392 g/mol. The number of aromatic amines is 1. The lowest BCUT2D eigenvalue weighted by molar-refractivity contribution is 0.0692. The molecule has 31 heavy (non-hydrogen) atoms. The number of carbonyl (C=O) groups is 2. The molecule has 0 atom stereocenters. The second kappa shape index (κ2) is 9.04. The van der Waals surface area contributed by atoms with Gasteiger partial charge in [0.1, 0.15) is 11.4 Å². The highest BCUT2D eigenvalue weighted by atomic mass is 16.5. The number of methoxy groups -OCH3 is 1. The maximum absolute atomic E-state index is 12.9. The summed E-state index contributed by atoms with van der Waals surface area (Å²) in [6.45, 7) is 3.20. The number of nitrogens with one attached hydrogen (secondary N) is 2. The van der Waals surface area contributed by atoms with Crippen LogP contribution >= 0.6 is 0 Å². The maximum Gasteiger partial charge on any atom is 0.271 e. The average Bonchev–Trinajstić information content (AvgIpc) is 3.29. The van der Waals surface area contributed by atoms with Gasteiger partial charge >= 0.3 is 0 Å². The lowest BCUT2D eigenvalue weighted by atomic mass is 10.0. The van der Waals surface area contributed by atoms with Crippen LogP contribution in [0.2, 0.25) is 0 Å². The Balaban J connectivity index is 1.33. The molecule has 4 rings (SSSR count). The highest BCUT2D eigenvalue weighted by Gasteiger charge is 2.26. The highest BCUT2D eigenvalue weighted by Crippen LogP contribution is 2.23. The number of ether oxygens (including phenoxy) is 1. The zero-order valence-electron chi connectivity index (χ0n) is 17.7. The molecule has 7 heteroatoms. The third-order valence-corrected chi connectivity index (χ3v) is 5.70. The molecule has 1 fully saturated rings. The van der Waals surface area contributed by atoms with Gasteiger partial charge in [0.05, 0.1) is 12.8 Å². The summed E-state index contributed by atoms with van der Waals surface area (Å²) in [6.07, 6.45) is 1.43. The van der Waals surface area contributed by atoms with E-state index in [-0.39, 0.29) is 17.9 Å². The molecule has 160 valence electrons. The SMILES string of the molecule is COc1ccc(C(=O)NC2CCN(C(=O)c3cc(-c4ccccc4C)n[nH]3)CC2)cc1. The number of aromatic nitrogens is 2. The molecule has 2 N–H and O–H groups in total. The predicted molar refractivity (Wildman–Crippen MR) is 118 cm³/mol. The minimum Gasteiger partial charge on any atom is -0.497 e. The normalized spacial score (nSPS) is 14.3. The zero-order chi connectivity index (χ0) is 21.8. The van der Waals surface area contributed by atoms with E-state index < -0.39 is 0 Å². The molecule has 2 amide bonds. The first-order chi connectivity index (χ1) is 15.0. The van der Waals surface area contributed by atoms with Crippen molar-refractivity contribution in [2.75, 3.05) is 20.2 Å². The van der Waals surface area contributed by atoms with Crippen LogP contribution in [-0.4, -0.2) is 53.2 Å². The quantitative estimate of drug-likeness (QED) is 0.665. The van der Waals surface area contributed by atoms with Crippen LogP contribution in [0.25, 0.3) is 11.3 Å². The Hall–Kier alpha value is -3.61. The lowest BCUT2D eigenvalue weighted by Gasteiger charge is -2.32. The third-order valence-electron chi connectivity index (χ3n) is 5.70. The van der Waals surface area contributed by atoms with E-state index >= 15 is 0 Å². The summed E-state index contributed by atoms with van der Waals surface area (Å²) in [7, 11) is 1.59. The van der Waals surface area contributed by atoms with E-state index in [1.807, 2.05) is 42.2 Å². The molecule has 7 nitrogen and oxygen atoms in total. The second-order valence-corrected chi connectivity index (χ2v) is 7.75. The number of piperidine rings is 1. The van der Waals surface area contributed by atoms with E-state index in [0.29, 0.717) is 42.9 Å². The van der Waals surface area contributed by atoms with Crippen molar-refractivity contribution < 1.29 is 14.3 Å². The maximum atomic E-state index is 12.9. The van der Waals surface area contributed by atoms with Gasteiger partial charge in [-0.3, -0.25) is 14.7 Å². The van der Waals surface area contributed by atoms with Crippen LogP contribution in [0.5, 0.6) is 5.75 Å². The molecule has 3 aromatic rings. The van der Waals surface area contributed by atoms with E-state index in [2.05, 4.69) is 15.5 Å². The number of rotatable bonds is 5. The monoisotopic (exact) mass is 418 g/mol. The van der Waals surface area contributed by atoms with E-state index in [9.17, 15) is 9.59 Å². The molecule has 0 radical (unpaired) electrons. The molecule has 1 saturated heterocycles. The van der Waals surface area contributed by atoms with Crippen LogP contribution in [0.4, 0.5) is 0 Å². The molecule has 0 unspecified atom stereocenters. The Morgan fingerprint density at radius 1 is 1.10 bits per heavy atom. The first-order valence-electron chi connectivity index (χ1n) is 10.4. The fourth-order valence-corrected chi connectivity index (χ4v) is 3.84. The molecule has 1 aliphatic heterocycles. The number of amides is 2. The van der Waals surface area contributed by atoms with Crippen molar-refractivity contribution in [2.24, 2.45) is 0 Å². The summed E-state index contributed by atoms with van der Waals surface area (Å²) in [5, 5.41) is 10.3. The number of nitrogens with zero attached hydrogens (tertiary/aromatic N) is 2. The standard InChI is InChI=1S/C24H26N4O3/c1-16-5-3-4-6-20(16)21-15-22(27-26-21)24(30)28-13-11-18(12-14-28)25-23(29)17-7-9-19(31-2)10-8-17/h3-10,15,18H,11-14H2,1-2H3,(H,25,29)(H,26,27). The van der Waals surface area contributed by atoms with Gasteiger partial charge in [0, 0.05) is 30.3 Å². The van der Waals surface area contributed by atoms with Gasteiger partial charge in [0.25, 0.3) is 11.8 Å². The molecule has 0 bridgehead atoms. The van der Waals surface area contributed by atoms with Gasteiger partial charge in [-0.25, -0.2) is 0 Å². The number of hydrogen-bond acceptors (Lipinski definition) is 4. The van der Waals surface area contributed by atoms with Gasteiger partial charge in [-0.05, 0) is 55.7 Å². The fourth-order valence-electron chi connectivity index (χ4n) is 3.84. The number of carbonyl (C=O) groups excluding carboxylic acids is 2. The largest absolute Gasteiger partial charge is 0.497 e. The number of likely N-dealkylation sites (tertiary alicyclic amines) is 1. The highest BCUT2D eigenvalue weighted by molar-refractivity contribution is 5.95. The summed E-state index contributed by atoms with van der Waals surface area (Å²) in [4.78, 5) is 27.2. The zero-order valence-corrected chi connectivity index (χ0v) is 17.7. The second-order valence-electron chi connectivity index (χ2n) is 7.75. The Morgan fingerprint density at radius 3 is 2.48 bits per heavy atom. The van der Waals surface area contributed by atoms with Crippen molar-refractivity contribution in [3.05, 3.63) is 71.4 Å². The summed E-state index contributed by atoms with van der Waals surface area (Å²) < 4.78 is 5.13. The summed E-state index contributed by atoms with van der Waals surface area (Å²) >= 11 is 0. The van der Waals surface area contributed by atoms with Crippen molar-refractivity contribution in [1.29, 1.82) is 0 Å². The molecule has 0 aliphatic carbocycles. The summed E-state index contributed by atoms with van der Waals surface area (Å²) in [6, 6.07) is 16.8. The Labute approximate surface area is 181 Å². The van der Waals surface area contributed by atoms with Crippen LogP contribution in [-0.2, 0) is 0 Å². The van der Waals surface area contributed by atoms with Crippen molar-refractivity contribution in [3.63, 3.8) is 0 Å². The number of H-pyrrole nitrogens is 1. The van der Waals surface area contributed by atoms with Gasteiger partial charge in [-0.2, -0.15) is 5.10 Å². The molecule has 1 aromatic heterocycles. The fraction of sp³-hybridized carbons (Fsp3) is 0.292. The molecular formula is C24H26N4O3. The predicted octanol–water partition coefficient (Wildman–Crippen LogP) is 3.43. The Bertz CT molecular complexity index is 1070. The Kier molecular flexibility index (Phi) is 6.02. The first-order valence-corrected chi connectivity index (χ1v) is 10.4. The summed E-state index contributed by atoms with van der Waals surface area (Å²) in [5.41, 5.74) is 3.97. The van der Waals surface area contributed by atoms with Crippen molar-refractivity contribution >= 4 is 11.8 Å². The van der Waals surface area contributed by atoms with Gasteiger partial charge in [-0.1, -0.05) is 24.3 Å². The van der Waals surface area contributed by atoms with E-state index in [1.54, 1.807) is 31.4 Å². The molecule has 2 aromatic carbocycles. The van der Waals surface area contributed by atoms with Crippen molar-refractivity contribution in [1.82, 2.24) is 20.4 Å². The molecule has 0 saturated carbocycles. The smallest absolute Gasteiger partial charge is 0.271 e. The van der Waals surface area contributed by atoms with Crippen LogP contribution < -0.4 is 10.1 Å². The van der Waals surface area contributed by atoms with Gasteiger partial charge in [0.2, 0.25) is 0 Å². The minimum atomic E-state index is -0.108. The molecule has 1 aliphatic rings. The van der Waals surface area contributed by atoms with Crippen molar-refractivity contribution in [2.45, 2.75) is 25.8 Å². The van der Waals surface area contributed by atoms with Crippen LogP contribution in [0.1, 0.15) is 39.3 Å². The summed E-state index contributed by atoms with van der Waals surface area (Å²) in [5.74, 6) is 0.545. The number of benzene rings is 2. The number of aryl methyl sites for hydroxylation is 1. The number of hydrogen-bond donors (Lipinski definition) is 2. The van der Waals surface area contributed by atoms with Gasteiger partial charge in [0.15, 0.2) is 0 Å².